The molecule has 0 spiro atoms. The number of hydrogen-bond donors (Lipinski definition) is 4. The van der Waals surface area contributed by atoms with Crippen LogP contribution in [0.5, 0.6) is 0 Å². The fraction of sp³-hybridized carbons (Fsp3) is 0.278. The third kappa shape index (κ3) is 10.1. The molecule has 0 saturated carbocycles. The van der Waals surface area contributed by atoms with E-state index in [0.717, 1.165) is 22.3 Å². The van der Waals surface area contributed by atoms with Gasteiger partial charge in [-0.1, -0.05) is 121 Å². The quantitative estimate of drug-likeness (QED) is 0.144. The van der Waals surface area contributed by atoms with Crippen molar-refractivity contribution in [1.82, 2.24) is 10.6 Å². The van der Waals surface area contributed by atoms with Gasteiger partial charge in [0, 0.05) is 11.5 Å². The van der Waals surface area contributed by atoms with E-state index in [1.165, 1.54) is 0 Å². The lowest BCUT2D eigenvalue weighted by Gasteiger charge is -2.24. The van der Waals surface area contributed by atoms with Crippen LogP contribution in [0.25, 0.3) is 0 Å². The minimum Gasteiger partial charge on any atom is -0.394 e. The fourth-order valence-electron chi connectivity index (χ4n) is 5.02. The van der Waals surface area contributed by atoms with E-state index in [4.69, 9.17) is 0 Å². The standard InChI is InChI=1S/C36H40N2O4S/c39-23-33(29-17-9-3-10-18-29)37-35(41)31(21-27-13-5-1-6-14-27)25-43-26-32(22-28-15-7-2-8-16-28)36(42)38-34(24-40)30-19-11-4-12-20-30/h1-20,31-34,39-40H,21-26H2,(H,37,41)(H,38,42)/t31-,32-,33-,34?/m1/s1. The minimum atomic E-state index is -0.498. The molecule has 0 fully saturated rings. The van der Waals surface area contributed by atoms with Gasteiger partial charge in [0.2, 0.25) is 11.8 Å². The molecule has 4 N–H and O–H groups in total. The summed E-state index contributed by atoms with van der Waals surface area (Å²) in [7, 11) is 0. The summed E-state index contributed by atoms with van der Waals surface area (Å²) < 4.78 is 0. The van der Waals surface area contributed by atoms with Gasteiger partial charge in [0.05, 0.1) is 37.1 Å². The summed E-state index contributed by atoms with van der Waals surface area (Å²) in [6.07, 6.45) is 1.09. The molecular formula is C36H40N2O4S. The summed E-state index contributed by atoms with van der Waals surface area (Å²) in [6, 6.07) is 37.7. The monoisotopic (exact) mass is 596 g/mol. The van der Waals surface area contributed by atoms with Crippen molar-refractivity contribution in [3.05, 3.63) is 144 Å². The Bertz CT molecular complexity index is 1270. The number of carbonyl (C=O) groups is 2. The highest BCUT2D eigenvalue weighted by atomic mass is 32.2. The van der Waals surface area contributed by atoms with Gasteiger partial charge in [-0.3, -0.25) is 9.59 Å². The third-order valence-corrected chi connectivity index (χ3v) is 8.71. The van der Waals surface area contributed by atoms with Crippen LogP contribution in [0.4, 0.5) is 0 Å². The molecule has 0 aliphatic heterocycles. The van der Waals surface area contributed by atoms with Gasteiger partial charge in [0.1, 0.15) is 0 Å². The number of benzene rings is 4. The van der Waals surface area contributed by atoms with Crippen molar-refractivity contribution in [2.45, 2.75) is 24.9 Å². The first kappa shape index (κ1) is 32.0. The molecule has 1 unspecified atom stereocenters. The van der Waals surface area contributed by atoms with Crippen LogP contribution in [0.15, 0.2) is 121 Å². The number of nitrogens with one attached hydrogen (secondary N) is 2. The van der Waals surface area contributed by atoms with E-state index in [1.54, 1.807) is 11.8 Å². The van der Waals surface area contributed by atoms with Gasteiger partial charge in [0.15, 0.2) is 0 Å². The van der Waals surface area contributed by atoms with E-state index >= 15 is 0 Å². The lowest BCUT2D eigenvalue weighted by atomic mass is 9.99. The number of aliphatic hydroxyl groups excluding tert-OH is 2. The van der Waals surface area contributed by atoms with Gasteiger partial charge in [-0.25, -0.2) is 0 Å². The van der Waals surface area contributed by atoms with Crippen molar-refractivity contribution >= 4 is 23.6 Å². The van der Waals surface area contributed by atoms with Gasteiger partial charge >= 0.3 is 0 Å². The highest BCUT2D eigenvalue weighted by molar-refractivity contribution is 7.99. The molecule has 224 valence electrons. The van der Waals surface area contributed by atoms with Gasteiger partial charge < -0.3 is 20.8 Å². The summed E-state index contributed by atoms with van der Waals surface area (Å²) in [4.78, 5) is 27.2. The third-order valence-electron chi connectivity index (χ3n) is 7.43. The average Bonchev–Trinajstić information content (AvgIpc) is 3.06. The molecule has 4 aromatic carbocycles. The molecular weight excluding hydrogens is 556 g/mol. The molecule has 2 amide bonds. The van der Waals surface area contributed by atoms with Crippen molar-refractivity contribution in [3.8, 4) is 0 Å². The first-order valence-corrected chi connectivity index (χ1v) is 15.8. The Morgan fingerprint density at radius 3 is 1.19 bits per heavy atom. The normalized spacial score (nSPS) is 13.8. The van der Waals surface area contributed by atoms with Crippen LogP contribution >= 0.6 is 11.8 Å². The maximum Gasteiger partial charge on any atom is 0.224 e. The van der Waals surface area contributed by atoms with Crippen molar-refractivity contribution in [2.24, 2.45) is 11.8 Å². The first-order chi connectivity index (χ1) is 21.1. The van der Waals surface area contributed by atoms with E-state index in [-0.39, 0.29) is 36.9 Å². The molecule has 4 rings (SSSR count). The van der Waals surface area contributed by atoms with Gasteiger partial charge in [-0.05, 0) is 35.1 Å². The maximum absolute atomic E-state index is 13.6. The Labute approximate surface area is 258 Å². The molecule has 0 bridgehead atoms. The summed E-state index contributed by atoms with van der Waals surface area (Å²) >= 11 is 1.58. The molecule has 6 nitrogen and oxygen atoms in total. The predicted molar refractivity (Wildman–Crippen MR) is 173 cm³/mol. The van der Waals surface area contributed by atoms with Crippen LogP contribution in [0.3, 0.4) is 0 Å². The fourth-order valence-corrected chi connectivity index (χ4v) is 6.27. The number of carbonyl (C=O) groups excluding carboxylic acids is 2. The average molecular weight is 597 g/mol. The molecule has 0 aromatic heterocycles. The second kappa shape index (κ2) is 17.3. The summed E-state index contributed by atoms with van der Waals surface area (Å²) in [5, 5.41) is 26.2. The zero-order chi connectivity index (χ0) is 30.3. The Morgan fingerprint density at radius 1 is 0.535 bits per heavy atom. The van der Waals surface area contributed by atoms with Crippen LogP contribution in [0.1, 0.15) is 34.3 Å². The Kier molecular flexibility index (Phi) is 12.9. The maximum atomic E-state index is 13.6. The Balaban J connectivity index is 1.46. The summed E-state index contributed by atoms with van der Waals surface area (Å²) in [5.41, 5.74) is 3.80. The van der Waals surface area contributed by atoms with Crippen molar-refractivity contribution in [3.63, 3.8) is 0 Å². The van der Waals surface area contributed by atoms with Crippen LogP contribution < -0.4 is 10.6 Å². The molecule has 43 heavy (non-hydrogen) atoms. The zero-order valence-corrected chi connectivity index (χ0v) is 25.0. The molecule has 4 aromatic rings. The molecule has 0 heterocycles. The van der Waals surface area contributed by atoms with E-state index < -0.39 is 12.1 Å². The van der Waals surface area contributed by atoms with E-state index in [0.29, 0.717) is 24.3 Å². The lowest BCUT2D eigenvalue weighted by molar-refractivity contribution is -0.126. The molecule has 0 aliphatic rings. The van der Waals surface area contributed by atoms with Crippen LogP contribution in [-0.4, -0.2) is 46.7 Å². The first-order valence-electron chi connectivity index (χ1n) is 14.6. The number of thioether (sulfide) groups is 1. The SMILES string of the molecule is O=C(NC(CO)c1ccccc1)[C@@H](CSC[C@@H](Cc1ccccc1)C(=O)N[C@H](CO)c1ccccc1)Cc1ccccc1. The van der Waals surface area contributed by atoms with E-state index in [1.807, 2.05) is 121 Å². The number of hydrogen-bond acceptors (Lipinski definition) is 5. The van der Waals surface area contributed by atoms with E-state index in [2.05, 4.69) is 10.6 Å². The number of aliphatic hydroxyl groups is 2. The zero-order valence-electron chi connectivity index (χ0n) is 24.2. The Morgan fingerprint density at radius 2 is 0.860 bits per heavy atom. The summed E-state index contributed by atoms with van der Waals surface area (Å²) in [6.45, 7) is -0.401. The number of amides is 2. The second-order valence-corrected chi connectivity index (χ2v) is 11.7. The molecule has 7 heteroatoms. The lowest BCUT2D eigenvalue weighted by Crippen LogP contribution is -2.39. The van der Waals surface area contributed by atoms with Crippen molar-refractivity contribution < 1.29 is 19.8 Å². The van der Waals surface area contributed by atoms with Gasteiger partial charge in [0.25, 0.3) is 0 Å². The van der Waals surface area contributed by atoms with Gasteiger partial charge in [-0.15, -0.1) is 0 Å². The second-order valence-electron chi connectivity index (χ2n) is 10.6. The highest BCUT2D eigenvalue weighted by Gasteiger charge is 2.26. The molecule has 0 radical (unpaired) electrons. The van der Waals surface area contributed by atoms with Crippen LogP contribution in [0, 0.1) is 11.8 Å². The Hall–Kier alpha value is -3.91. The highest BCUT2D eigenvalue weighted by Crippen LogP contribution is 2.23. The number of rotatable bonds is 16. The minimum absolute atomic E-state index is 0.132. The van der Waals surface area contributed by atoms with E-state index in [9.17, 15) is 19.8 Å². The molecule has 4 atom stereocenters. The van der Waals surface area contributed by atoms with Crippen LogP contribution in [0.2, 0.25) is 0 Å². The molecule has 0 saturated heterocycles. The topological polar surface area (TPSA) is 98.7 Å². The molecule has 0 aliphatic carbocycles. The van der Waals surface area contributed by atoms with Crippen LogP contribution in [-0.2, 0) is 22.4 Å². The predicted octanol–water partition coefficient (Wildman–Crippen LogP) is 5.14. The van der Waals surface area contributed by atoms with Gasteiger partial charge in [-0.2, -0.15) is 11.8 Å². The smallest absolute Gasteiger partial charge is 0.224 e. The van der Waals surface area contributed by atoms with Crippen molar-refractivity contribution in [1.29, 1.82) is 0 Å². The largest absolute Gasteiger partial charge is 0.394 e. The van der Waals surface area contributed by atoms with Crippen molar-refractivity contribution in [2.75, 3.05) is 24.7 Å². The summed E-state index contributed by atoms with van der Waals surface area (Å²) in [5.74, 6) is 0.0311.